The number of halogens is 1. The normalized spacial score (nSPS) is 17.4. The first-order valence-electron chi connectivity index (χ1n) is 8.39. The minimum Gasteiger partial charge on any atom is -0.373 e. The number of benzene rings is 1. The number of ether oxygens (including phenoxy) is 1. The summed E-state index contributed by atoms with van der Waals surface area (Å²) in [5.41, 5.74) is 0.993. The molecule has 8 heteroatoms. The molecule has 7 nitrogen and oxygen atoms in total. The van der Waals surface area contributed by atoms with Gasteiger partial charge in [-0.15, -0.1) is 0 Å². The van der Waals surface area contributed by atoms with Crippen LogP contribution in [0, 0.1) is 0 Å². The summed E-state index contributed by atoms with van der Waals surface area (Å²) >= 11 is 6.40. The van der Waals surface area contributed by atoms with Crippen molar-refractivity contribution in [3.63, 3.8) is 0 Å². The minimum atomic E-state index is -0.328. The van der Waals surface area contributed by atoms with Crippen LogP contribution in [0.5, 0.6) is 0 Å². The van der Waals surface area contributed by atoms with Crippen molar-refractivity contribution in [3.05, 3.63) is 70.4 Å². The quantitative estimate of drug-likeness (QED) is 0.701. The lowest BCUT2D eigenvalue weighted by Crippen LogP contribution is -2.45. The van der Waals surface area contributed by atoms with E-state index in [4.69, 9.17) is 16.3 Å². The number of anilines is 1. The number of aromatic nitrogens is 4. The molecule has 1 aromatic carbocycles. The van der Waals surface area contributed by atoms with E-state index < -0.39 is 0 Å². The zero-order chi connectivity index (χ0) is 17.9. The molecule has 0 saturated carbocycles. The summed E-state index contributed by atoms with van der Waals surface area (Å²) in [7, 11) is 0. The van der Waals surface area contributed by atoms with Crippen LogP contribution in [0.15, 0.2) is 59.8 Å². The fraction of sp³-hybridized carbons (Fsp3) is 0.278. The molecule has 1 fully saturated rings. The Kier molecular flexibility index (Phi) is 4.73. The van der Waals surface area contributed by atoms with Crippen LogP contribution >= 0.6 is 11.6 Å². The standard InChI is InChI=1S/C18H18ClN5O2/c19-17-16(11-21-24(18(17)25)14-5-2-1-3-6-14)22-9-10-26-15(12-22)13-23-8-4-7-20-23/h1-8,11,15H,9-10,12-13H2. The van der Waals surface area contributed by atoms with E-state index in [0.717, 1.165) is 0 Å². The van der Waals surface area contributed by atoms with Crippen molar-refractivity contribution in [2.75, 3.05) is 24.6 Å². The molecule has 1 saturated heterocycles. The van der Waals surface area contributed by atoms with E-state index in [1.807, 2.05) is 52.2 Å². The van der Waals surface area contributed by atoms with E-state index in [2.05, 4.69) is 10.2 Å². The third-order valence-electron chi connectivity index (χ3n) is 4.33. The summed E-state index contributed by atoms with van der Waals surface area (Å²) in [6.45, 7) is 2.49. The Morgan fingerprint density at radius 1 is 1.19 bits per heavy atom. The van der Waals surface area contributed by atoms with Crippen LogP contribution < -0.4 is 10.5 Å². The molecule has 1 unspecified atom stereocenters. The van der Waals surface area contributed by atoms with E-state index in [1.165, 1.54) is 4.68 Å². The Morgan fingerprint density at radius 2 is 2.04 bits per heavy atom. The molecule has 1 aliphatic rings. The summed E-state index contributed by atoms with van der Waals surface area (Å²) in [5.74, 6) is 0. The molecule has 1 atom stereocenters. The average Bonchev–Trinajstić information content (AvgIpc) is 3.18. The van der Waals surface area contributed by atoms with Gasteiger partial charge in [-0.3, -0.25) is 9.48 Å². The summed E-state index contributed by atoms with van der Waals surface area (Å²) in [4.78, 5) is 14.7. The first-order chi connectivity index (χ1) is 12.7. The monoisotopic (exact) mass is 371 g/mol. The van der Waals surface area contributed by atoms with E-state index in [9.17, 15) is 4.79 Å². The highest BCUT2D eigenvalue weighted by molar-refractivity contribution is 6.33. The van der Waals surface area contributed by atoms with E-state index in [1.54, 1.807) is 12.4 Å². The highest BCUT2D eigenvalue weighted by Crippen LogP contribution is 2.24. The molecule has 0 bridgehead atoms. The molecule has 1 aliphatic heterocycles. The number of para-hydroxylation sites is 1. The first-order valence-corrected chi connectivity index (χ1v) is 8.77. The van der Waals surface area contributed by atoms with E-state index >= 15 is 0 Å². The predicted octanol–water partition coefficient (Wildman–Crippen LogP) is 1.99. The average molecular weight is 372 g/mol. The van der Waals surface area contributed by atoms with Crippen LogP contribution in [0.4, 0.5) is 5.69 Å². The molecular formula is C18H18ClN5O2. The first kappa shape index (κ1) is 16.8. The van der Waals surface area contributed by atoms with Gasteiger partial charge in [0.25, 0.3) is 5.56 Å². The maximum absolute atomic E-state index is 12.7. The van der Waals surface area contributed by atoms with Gasteiger partial charge in [0.2, 0.25) is 0 Å². The minimum absolute atomic E-state index is 0.0312. The van der Waals surface area contributed by atoms with Gasteiger partial charge >= 0.3 is 0 Å². The van der Waals surface area contributed by atoms with Crippen molar-refractivity contribution in [3.8, 4) is 5.69 Å². The van der Waals surface area contributed by atoms with Gasteiger partial charge in [0.15, 0.2) is 0 Å². The third-order valence-corrected chi connectivity index (χ3v) is 4.69. The van der Waals surface area contributed by atoms with Gasteiger partial charge in [0, 0.05) is 25.5 Å². The van der Waals surface area contributed by atoms with Gasteiger partial charge < -0.3 is 9.64 Å². The van der Waals surface area contributed by atoms with Gasteiger partial charge in [-0.2, -0.15) is 14.9 Å². The lowest BCUT2D eigenvalue weighted by molar-refractivity contribution is 0.0274. The molecule has 0 radical (unpaired) electrons. The Labute approximate surface area is 155 Å². The van der Waals surface area contributed by atoms with Crippen LogP contribution in [0.1, 0.15) is 0 Å². The molecule has 0 aliphatic carbocycles. The fourth-order valence-corrected chi connectivity index (χ4v) is 3.31. The lowest BCUT2D eigenvalue weighted by atomic mass is 10.2. The van der Waals surface area contributed by atoms with E-state index in [0.29, 0.717) is 37.6 Å². The van der Waals surface area contributed by atoms with Crippen molar-refractivity contribution < 1.29 is 4.74 Å². The Hall–Kier alpha value is -2.64. The second-order valence-corrected chi connectivity index (χ2v) is 6.44. The molecular weight excluding hydrogens is 354 g/mol. The second kappa shape index (κ2) is 7.31. The van der Waals surface area contributed by atoms with Crippen LogP contribution in [-0.4, -0.2) is 45.4 Å². The van der Waals surface area contributed by atoms with Crippen LogP contribution in [0.2, 0.25) is 5.02 Å². The van der Waals surface area contributed by atoms with Crippen molar-refractivity contribution >= 4 is 17.3 Å². The van der Waals surface area contributed by atoms with Crippen LogP contribution in [0.3, 0.4) is 0 Å². The smallest absolute Gasteiger partial charge is 0.292 e. The molecule has 0 spiro atoms. The van der Waals surface area contributed by atoms with Gasteiger partial charge in [-0.05, 0) is 18.2 Å². The highest BCUT2D eigenvalue weighted by atomic mass is 35.5. The van der Waals surface area contributed by atoms with Crippen molar-refractivity contribution in [1.29, 1.82) is 0 Å². The van der Waals surface area contributed by atoms with Gasteiger partial charge in [-0.25, -0.2) is 0 Å². The number of nitrogens with zero attached hydrogens (tertiary/aromatic N) is 5. The number of morpholine rings is 1. The second-order valence-electron chi connectivity index (χ2n) is 6.06. The Morgan fingerprint density at radius 3 is 2.81 bits per heavy atom. The molecule has 0 amide bonds. The summed E-state index contributed by atoms with van der Waals surface area (Å²) in [6, 6.07) is 11.1. The molecule has 2 aromatic heterocycles. The molecule has 4 rings (SSSR count). The van der Waals surface area contributed by atoms with Crippen LogP contribution in [0.25, 0.3) is 5.69 Å². The zero-order valence-electron chi connectivity index (χ0n) is 14.0. The SMILES string of the molecule is O=c1c(Cl)c(N2CCOC(Cn3cccn3)C2)cnn1-c1ccccc1. The van der Waals surface area contributed by atoms with Crippen molar-refractivity contribution in [1.82, 2.24) is 19.6 Å². The Balaban J connectivity index is 1.57. The van der Waals surface area contributed by atoms with Gasteiger partial charge in [0.1, 0.15) is 5.02 Å². The maximum atomic E-state index is 12.7. The van der Waals surface area contributed by atoms with Gasteiger partial charge in [-0.1, -0.05) is 29.8 Å². The molecule has 3 heterocycles. The van der Waals surface area contributed by atoms with E-state index in [-0.39, 0.29) is 16.7 Å². The predicted molar refractivity (Wildman–Crippen MR) is 99.0 cm³/mol. The number of rotatable bonds is 4. The molecule has 3 aromatic rings. The lowest BCUT2D eigenvalue weighted by Gasteiger charge is -2.34. The maximum Gasteiger partial charge on any atom is 0.292 e. The summed E-state index contributed by atoms with van der Waals surface area (Å²) < 4.78 is 8.96. The zero-order valence-corrected chi connectivity index (χ0v) is 14.8. The number of hydrogen-bond acceptors (Lipinski definition) is 5. The number of hydrogen-bond donors (Lipinski definition) is 0. The van der Waals surface area contributed by atoms with Gasteiger partial charge in [0.05, 0.1) is 36.8 Å². The topological polar surface area (TPSA) is 65.2 Å². The Bertz CT molecular complexity index is 927. The highest BCUT2D eigenvalue weighted by Gasteiger charge is 2.24. The largest absolute Gasteiger partial charge is 0.373 e. The van der Waals surface area contributed by atoms with Crippen molar-refractivity contribution in [2.24, 2.45) is 0 Å². The van der Waals surface area contributed by atoms with Crippen LogP contribution in [-0.2, 0) is 11.3 Å². The fourth-order valence-electron chi connectivity index (χ4n) is 3.06. The molecule has 26 heavy (non-hydrogen) atoms. The van der Waals surface area contributed by atoms with Crippen molar-refractivity contribution in [2.45, 2.75) is 12.6 Å². The molecule has 0 N–H and O–H groups in total. The molecule has 134 valence electrons. The summed E-state index contributed by atoms with van der Waals surface area (Å²) in [6.07, 6.45) is 5.26. The summed E-state index contributed by atoms with van der Waals surface area (Å²) in [5, 5.41) is 8.69. The third kappa shape index (κ3) is 3.36.